The molecule has 188 valence electrons. The molecule has 1 aromatic heterocycles. The fourth-order valence-corrected chi connectivity index (χ4v) is 4.85. The summed E-state index contributed by atoms with van der Waals surface area (Å²) in [5.74, 6) is -0.995. The first-order valence-electron chi connectivity index (χ1n) is 11.8. The van der Waals surface area contributed by atoms with Crippen molar-refractivity contribution in [2.24, 2.45) is 0 Å². The number of pyridine rings is 1. The first-order chi connectivity index (χ1) is 16.6. The predicted octanol–water partition coefficient (Wildman–Crippen LogP) is 2.85. The lowest BCUT2D eigenvalue weighted by molar-refractivity contribution is -0.137. The average Bonchev–Trinajstić information content (AvgIpc) is 3.32. The van der Waals surface area contributed by atoms with E-state index >= 15 is 0 Å². The summed E-state index contributed by atoms with van der Waals surface area (Å²) in [6.07, 6.45) is 2.51. The van der Waals surface area contributed by atoms with Gasteiger partial charge in [0.1, 0.15) is 0 Å². The molecule has 7 nitrogen and oxygen atoms in total. The van der Waals surface area contributed by atoms with Crippen molar-refractivity contribution in [2.45, 2.75) is 56.0 Å². The molecule has 0 bridgehead atoms. The molecule has 1 saturated heterocycles. The summed E-state index contributed by atoms with van der Waals surface area (Å²) in [6, 6.07) is 8.20. The molecule has 4 rings (SSSR count). The fraction of sp³-hybridized carbons (Fsp3) is 0.480. The van der Waals surface area contributed by atoms with Gasteiger partial charge in [0.15, 0.2) is 0 Å². The number of likely N-dealkylation sites (tertiary alicyclic amines) is 1. The highest BCUT2D eigenvalue weighted by atomic mass is 19.4. The lowest BCUT2D eigenvalue weighted by atomic mass is 9.78. The quantitative estimate of drug-likeness (QED) is 0.579. The summed E-state index contributed by atoms with van der Waals surface area (Å²) in [4.78, 5) is 30.5. The van der Waals surface area contributed by atoms with Crippen LogP contribution < -0.4 is 10.6 Å². The van der Waals surface area contributed by atoms with Gasteiger partial charge in [-0.25, -0.2) is 0 Å². The Kier molecular flexibility index (Phi) is 7.42. The van der Waals surface area contributed by atoms with Crippen molar-refractivity contribution in [1.29, 1.82) is 0 Å². The van der Waals surface area contributed by atoms with Crippen LogP contribution in [0.1, 0.15) is 53.6 Å². The summed E-state index contributed by atoms with van der Waals surface area (Å²) in [7, 11) is 0. The number of aliphatic hydroxyl groups is 1. The zero-order chi connectivity index (χ0) is 25.1. The number of halogens is 3. The smallest absolute Gasteiger partial charge is 0.385 e. The van der Waals surface area contributed by atoms with E-state index in [0.717, 1.165) is 37.0 Å². The van der Waals surface area contributed by atoms with Crippen LogP contribution in [0.5, 0.6) is 0 Å². The number of amides is 2. The second-order valence-corrected chi connectivity index (χ2v) is 9.30. The van der Waals surface area contributed by atoms with Crippen LogP contribution in [0.2, 0.25) is 0 Å². The minimum Gasteiger partial charge on any atom is -0.385 e. The van der Waals surface area contributed by atoms with Gasteiger partial charge in [0.05, 0.1) is 17.7 Å². The van der Waals surface area contributed by atoms with Crippen LogP contribution >= 0.6 is 0 Å². The Morgan fingerprint density at radius 2 is 1.89 bits per heavy atom. The van der Waals surface area contributed by atoms with Crippen molar-refractivity contribution in [2.75, 3.05) is 19.6 Å². The molecule has 2 amide bonds. The van der Waals surface area contributed by atoms with Gasteiger partial charge in [0.2, 0.25) is 5.91 Å². The van der Waals surface area contributed by atoms with E-state index in [1.165, 1.54) is 12.1 Å². The minimum absolute atomic E-state index is 0.118. The molecule has 35 heavy (non-hydrogen) atoms. The van der Waals surface area contributed by atoms with Gasteiger partial charge in [-0.15, -0.1) is 0 Å². The molecule has 1 aliphatic heterocycles. The Balaban J connectivity index is 1.21. The SMILES string of the molecule is O=C(NCC(=O)N1CCC(NC2CCC(O)(c3cccnc3)CC2)C1)c1cccc(C(F)(F)F)c1. The number of carbonyl (C=O) groups excluding carboxylic acids is 2. The molecule has 1 saturated carbocycles. The van der Waals surface area contributed by atoms with Crippen molar-refractivity contribution in [3.63, 3.8) is 0 Å². The van der Waals surface area contributed by atoms with Crippen molar-refractivity contribution < 1.29 is 27.9 Å². The van der Waals surface area contributed by atoms with Crippen molar-refractivity contribution in [1.82, 2.24) is 20.5 Å². The molecule has 3 N–H and O–H groups in total. The molecule has 1 aromatic carbocycles. The van der Waals surface area contributed by atoms with Gasteiger partial charge in [-0.1, -0.05) is 12.1 Å². The monoisotopic (exact) mass is 490 g/mol. The van der Waals surface area contributed by atoms with Crippen molar-refractivity contribution >= 4 is 11.8 Å². The number of benzene rings is 1. The van der Waals surface area contributed by atoms with Crippen LogP contribution in [-0.2, 0) is 16.6 Å². The summed E-state index contributed by atoms with van der Waals surface area (Å²) >= 11 is 0. The maximum Gasteiger partial charge on any atom is 0.416 e. The number of aromatic nitrogens is 1. The number of alkyl halides is 3. The Bertz CT molecular complexity index is 1040. The van der Waals surface area contributed by atoms with Crippen LogP contribution in [-0.4, -0.2) is 58.5 Å². The van der Waals surface area contributed by atoms with Gasteiger partial charge >= 0.3 is 6.18 Å². The Morgan fingerprint density at radius 3 is 2.57 bits per heavy atom. The molecule has 1 aliphatic carbocycles. The maximum atomic E-state index is 12.9. The van der Waals surface area contributed by atoms with E-state index < -0.39 is 23.2 Å². The van der Waals surface area contributed by atoms with Gasteiger partial charge in [-0.05, 0) is 56.4 Å². The highest BCUT2D eigenvalue weighted by Gasteiger charge is 2.36. The first-order valence-corrected chi connectivity index (χ1v) is 11.8. The Morgan fingerprint density at radius 1 is 1.11 bits per heavy atom. The first kappa shape index (κ1) is 25.1. The molecule has 0 radical (unpaired) electrons. The third kappa shape index (κ3) is 6.18. The van der Waals surface area contributed by atoms with E-state index in [-0.39, 0.29) is 30.1 Å². The van der Waals surface area contributed by atoms with E-state index in [0.29, 0.717) is 25.9 Å². The zero-order valence-corrected chi connectivity index (χ0v) is 19.2. The molecule has 2 fully saturated rings. The van der Waals surface area contributed by atoms with Gasteiger partial charge < -0.3 is 20.6 Å². The number of nitrogens with one attached hydrogen (secondary N) is 2. The third-order valence-corrected chi connectivity index (χ3v) is 6.88. The summed E-state index contributed by atoms with van der Waals surface area (Å²) < 4.78 is 38.6. The standard InChI is InChI=1S/C25H29F3N4O3/c26-25(27,28)18-4-1-3-17(13-18)23(34)30-15-22(33)32-12-8-21(16-32)31-20-6-9-24(35,10-7-20)19-5-2-11-29-14-19/h1-5,11,13-14,20-21,31,35H,6-10,12,15-16H2,(H,30,34). The van der Waals surface area contributed by atoms with Gasteiger partial charge in [0.25, 0.3) is 5.91 Å². The third-order valence-electron chi connectivity index (χ3n) is 6.88. The zero-order valence-electron chi connectivity index (χ0n) is 19.2. The van der Waals surface area contributed by atoms with Crippen LogP contribution in [0.15, 0.2) is 48.8 Å². The molecule has 2 aromatic rings. The molecule has 1 atom stereocenters. The highest BCUT2D eigenvalue weighted by molar-refractivity contribution is 5.96. The fourth-order valence-electron chi connectivity index (χ4n) is 4.85. The van der Waals surface area contributed by atoms with E-state index in [4.69, 9.17) is 0 Å². The molecule has 1 unspecified atom stereocenters. The van der Waals surface area contributed by atoms with E-state index in [9.17, 15) is 27.9 Å². The number of rotatable bonds is 6. The molecular weight excluding hydrogens is 461 g/mol. The topological polar surface area (TPSA) is 94.6 Å². The molecule has 10 heteroatoms. The summed E-state index contributed by atoms with van der Waals surface area (Å²) in [6.45, 7) is 0.771. The summed E-state index contributed by atoms with van der Waals surface area (Å²) in [5.41, 5.74) is -1.07. The Hall–Kier alpha value is -2.98. The number of carbonyl (C=O) groups is 2. The second kappa shape index (κ2) is 10.3. The number of hydrogen-bond acceptors (Lipinski definition) is 5. The van der Waals surface area contributed by atoms with E-state index in [2.05, 4.69) is 15.6 Å². The van der Waals surface area contributed by atoms with Gasteiger partial charge in [0, 0.05) is 48.7 Å². The van der Waals surface area contributed by atoms with E-state index in [1.54, 1.807) is 17.3 Å². The average molecular weight is 491 g/mol. The summed E-state index contributed by atoms with van der Waals surface area (Å²) in [5, 5.41) is 17.0. The van der Waals surface area contributed by atoms with Crippen LogP contribution in [0.4, 0.5) is 13.2 Å². The van der Waals surface area contributed by atoms with Gasteiger partial charge in [-0.2, -0.15) is 13.2 Å². The largest absolute Gasteiger partial charge is 0.416 e. The van der Waals surface area contributed by atoms with Crippen LogP contribution in [0, 0.1) is 0 Å². The molecule has 0 spiro atoms. The highest BCUT2D eigenvalue weighted by Crippen LogP contribution is 2.37. The van der Waals surface area contributed by atoms with Crippen LogP contribution in [0.3, 0.4) is 0 Å². The molecule has 2 heterocycles. The normalized spacial score (nSPS) is 24.9. The Labute approximate surface area is 201 Å². The molecular formula is C25H29F3N4O3. The minimum atomic E-state index is -4.54. The predicted molar refractivity (Wildman–Crippen MR) is 122 cm³/mol. The lowest BCUT2D eigenvalue weighted by Crippen LogP contribution is -2.46. The van der Waals surface area contributed by atoms with Crippen LogP contribution in [0.25, 0.3) is 0 Å². The van der Waals surface area contributed by atoms with Crippen molar-refractivity contribution in [3.8, 4) is 0 Å². The van der Waals surface area contributed by atoms with Crippen molar-refractivity contribution in [3.05, 3.63) is 65.5 Å². The maximum absolute atomic E-state index is 12.9. The second-order valence-electron chi connectivity index (χ2n) is 9.30. The number of nitrogens with zero attached hydrogens (tertiary/aromatic N) is 2. The molecule has 2 aliphatic rings. The van der Waals surface area contributed by atoms with Gasteiger partial charge in [-0.3, -0.25) is 14.6 Å². The lowest BCUT2D eigenvalue weighted by Gasteiger charge is -2.37. The number of hydrogen-bond donors (Lipinski definition) is 3. The van der Waals surface area contributed by atoms with E-state index in [1.807, 2.05) is 12.1 Å².